The van der Waals surface area contributed by atoms with E-state index >= 15 is 0 Å². The molecule has 5 heteroatoms. The number of ketones is 1. The standard InChI is InChI=1S/C26H17FN2O2/c27-19-13-11-18(12-14-19)22-16-20-8-3-4-15-29(20)24(22)25(30)26(31)28-23-10-5-7-17-6-1-2-9-21(17)23/h1-16H,(H,28,31). The number of pyridine rings is 1. The fourth-order valence-electron chi connectivity index (χ4n) is 3.83. The van der Waals surface area contributed by atoms with Gasteiger partial charge < -0.3 is 9.72 Å². The van der Waals surface area contributed by atoms with E-state index in [-0.39, 0.29) is 11.5 Å². The molecule has 0 radical (unpaired) electrons. The number of halogens is 1. The van der Waals surface area contributed by atoms with Gasteiger partial charge in [-0.1, -0.05) is 54.6 Å². The van der Waals surface area contributed by atoms with Crippen molar-refractivity contribution < 1.29 is 14.0 Å². The van der Waals surface area contributed by atoms with Crippen LogP contribution in [0.2, 0.25) is 0 Å². The van der Waals surface area contributed by atoms with Crippen molar-refractivity contribution in [2.45, 2.75) is 0 Å². The van der Waals surface area contributed by atoms with Crippen LogP contribution < -0.4 is 5.32 Å². The Hall–Kier alpha value is -4.25. The summed E-state index contributed by atoms with van der Waals surface area (Å²) in [7, 11) is 0. The highest BCUT2D eigenvalue weighted by Gasteiger charge is 2.25. The van der Waals surface area contributed by atoms with Crippen LogP contribution in [0.15, 0.2) is 97.2 Å². The van der Waals surface area contributed by atoms with Crippen LogP contribution >= 0.6 is 0 Å². The lowest BCUT2D eigenvalue weighted by atomic mass is 10.0. The van der Waals surface area contributed by atoms with E-state index in [4.69, 9.17) is 0 Å². The minimum Gasteiger partial charge on any atom is -0.319 e. The minimum atomic E-state index is -0.733. The molecule has 3 aromatic carbocycles. The van der Waals surface area contributed by atoms with Crippen LogP contribution in [0.25, 0.3) is 27.4 Å². The molecule has 2 aromatic heterocycles. The molecule has 4 nitrogen and oxygen atoms in total. The van der Waals surface area contributed by atoms with Crippen molar-refractivity contribution >= 4 is 33.7 Å². The molecule has 1 N–H and O–H groups in total. The van der Waals surface area contributed by atoms with Gasteiger partial charge in [0.25, 0.3) is 11.7 Å². The predicted octanol–water partition coefficient (Wildman–Crippen LogP) is 5.72. The Bertz CT molecular complexity index is 1450. The quantitative estimate of drug-likeness (QED) is 0.305. The molecule has 0 aliphatic carbocycles. The van der Waals surface area contributed by atoms with E-state index in [1.54, 1.807) is 34.9 Å². The maximum Gasteiger partial charge on any atom is 0.298 e. The number of hydrogen-bond acceptors (Lipinski definition) is 2. The Morgan fingerprint density at radius 3 is 2.39 bits per heavy atom. The number of aromatic nitrogens is 1. The van der Waals surface area contributed by atoms with Gasteiger partial charge in [-0.05, 0) is 47.3 Å². The second-order valence-corrected chi connectivity index (χ2v) is 7.22. The van der Waals surface area contributed by atoms with Gasteiger partial charge in [0.2, 0.25) is 0 Å². The molecule has 0 spiro atoms. The van der Waals surface area contributed by atoms with Gasteiger partial charge in [0.15, 0.2) is 0 Å². The molecule has 0 unspecified atom stereocenters. The zero-order valence-electron chi connectivity index (χ0n) is 16.4. The van der Waals surface area contributed by atoms with Crippen LogP contribution in [0.5, 0.6) is 0 Å². The second-order valence-electron chi connectivity index (χ2n) is 7.22. The van der Waals surface area contributed by atoms with Crippen LogP contribution in [0.4, 0.5) is 10.1 Å². The summed E-state index contributed by atoms with van der Waals surface area (Å²) in [6.07, 6.45) is 1.74. The first kappa shape index (κ1) is 18.8. The van der Waals surface area contributed by atoms with Gasteiger partial charge in [-0.25, -0.2) is 4.39 Å². The summed E-state index contributed by atoms with van der Waals surface area (Å²) in [5.41, 5.74) is 2.81. The van der Waals surface area contributed by atoms with Crippen LogP contribution in [0, 0.1) is 5.82 Å². The summed E-state index contributed by atoms with van der Waals surface area (Å²) < 4.78 is 15.1. The lowest BCUT2D eigenvalue weighted by Crippen LogP contribution is -2.24. The summed E-state index contributed by atoms with van der Waals surface area (Å²) in [6.45, 7) is 0. The van der Waals surface area contributed by atoms with E-state index in [1.807, 2.05) is 54.6 Å². The molecule has 1 amide bonds. The number of benzene rings is 3. The molecule has 0 saturated carbocycles. The molecular weight excluding hydrogens is 391 g/mol. The molecule has 0 atom stereocenters. The number of carbonyl (C=O) groups excluding carboxylic acids is 2. The number of Topliss-reactive ketones (excluding diaryl/α,β-unsaturated/α-hetero) is 1. The molecule has 5 aromatic rings. The number of nitrogens with one attached hydrogen (secondary N) is 1. The lowest BCUT2D eigenvalue weighted by Gasteiger charge is -2.10. The summed E-state index contributed by atoms with van der Waals surface area (Å²) >= 11 is 0. The Morgan fingerprint density at radius 1 is 0.806 bits per heavy atom. The van der Waals surface area contributed by atoms with Crippen LogP contribution in [-0.2, 0) is 4.79 Å². The van der Waals surface area contributed by atoms with Gasteiger partial charge >= 0.3 is 0 Å². The van der Waals surface area contributed by atoms with Gasteiger partial charge in [-0.2, -0.15) is 0 Å². The van der Waals surface area contributed by atoms with E-state index in [0.29, 0.717) is 16.8 Å². The van der Waals surface area contributed by atoms with Crippen molar-refractivity contribution in [3.05, 3.63) is 109 Å². The SMILES string of the molecule is O=C(Nc1cccc2ccccc12)C(=O)c1c(-c2ccc(F)cc2)cc2ccccn12. The fraction of sp³-hybridized carbons (Fsp3) is 0. The van der Waals surface area contributed by atoms with Crippen molar-refractivity contribution in [1.82, 2.24) is 4.40 Å². The number of carbonyl (C=O) groups is 2. The molecule has 2 heterocycles. The lowest BCUT2D eigenvalue weighted by molar-refractivity contribution is -0.112. The molecule has 0 aliphatic heterocycles. The third-order valence-electron chi connectivity index (χ3n) is 5.29. The maximum absolute atomic E-state index is 13.4. The summed E-state index contributed by atoms with van der Waals surface area (Å²) in [4.78, 5) is 26.3. The molecule has 0 bridgehead atoms. The zero-order valence-corrected chi connectivity index (χ0v) is 16.4. The van der Waals surface area contributed by atoms with E-state index in [0.717, 1.165) is 16.3 Å². The number of nitrogens with zero attached hydrogens (tertiary/aromatic N) is 1. The number of fused-ring (bicyclic) bond motifs is 2. The highest BCUT2D eigenvalue weighted by Crippen LogP contribution is 2.29. The van der Waals surface area contributed by atoms with Crippen molar-refractivity contribution in [3.8, 4) is 11.1 Å². The third-order valence-corrected chi connectivity index (χ3v) is 5.29. The van der Waals surface area contributed by atoms with Crippen molar-refractivity contribution in [3.63, 3.8) is 0 Å². The average Bonchev–Trinajstić information content (AvgIpc) is 3.19. The van der Waals surface area contributed by atoms with Gasteiger partial charge in [0, 0.05) is 28.4 Å². The molecule has 150 valence electrons. The van der Waals surface area contributed by atoms with Gasteiger partial charge in [0.1, 0.15) is 11.5 Å². The summed E-state index contributed by atoms with van der Waals surface area (Å²) in [5, 5.41) is 4.58. The number of hydrogen-bond donors (Lipinski definition) is 1. The topological polar surface area (TPSA) is 50.6 Å². The molecule has 31 heavy (non-hydrogen) atoms. The van der Waals surface area contributed by atoms with E-state index in [2.05, 4.69) is 5.32 Å². The first-order valence-electron chi connectivity index (χ1n) is 9.81. The molecule has 0 aliphatic rings. The van der Waals surface area contributed by atoms with Crippen LogP contribution in [0.3, 0.4) is 0 Å². The first-order valence-corrected chi connectivity index (χ1v) is 9.81. The van der Waals surface area contributed by atoms with Crippen LogP contribution in [-0.4, -0.2) is 16.1 Å². The Morgan fingerprint density at radius 2 is 1.55 bits per heavy atom. The maximum atomic E-state index is 13.4. The van der Waals surface area contributed by atoms with Gasteiger partial charge in [0.05, 0.1) is 0 Å². The Balaban J connectivity index is 1.58. The van der Waals surface area contributed by atoms with Gasteiger partial charge in [-0.3, -0.25) is 9.59 Å². The summed E-state index contributed by atoms with van der Waals surface area (Å²) in [5.74, 6) is -1.77. The molecule has 0 fully saturated rings. The minimum absolute atomic E-state index is 0.236. The molecule has 5 rings (SSSR count). The smallest absolute Gasteiger partial charge is 0.298 e. The third kappa shape index (κ3) is 3.36. The monoisotopic (exact) mass is 408 g/mol. The van der Waals surface area contributed by atoms with E-state index in [1.165, 1.54) is 12.1 Å². The summed E-state index contributed by atoms with van der Waals surface area (Å²) in [6, 6.07) is 26.4. The van der Waals surface area contributed by atoms with E-state index in [9.17, 15) is 14.0 Å². The second kappa shape index (κ2) is 7.54. The predicted molar refractivity (Wildman–Crippen MR) is 120 cm³/mol. The highest BCUT2D eigenvalue weighted by atomic mass is 19.1. The Kier molecular flexibility index (Phi) is 4.56. The largest absolute Gasteiger partial charge is 0.319 e. The van der Waals surface area contributed by atoms with Crippen molar-refractivity contribution in [2.24, 2.45) is 0 Å². The fourth-order valence-corrected chi connectivity index (χ4v) is 3.83. The first-order chi connectivity index (χ1) is 15.1. The number of anilines is 1. The van der Waals surface area contributed by atoms with Crippen LogP contribution in [0.1, 0.15) is 10.5 Å². The average molecular weight is 408 g/mol. The molecular formula is C26H17FN2O2. The number of amides is 1. The van der Waals surface area contributed by atoms with Crippen molar-refractivity contribution in [2.75, 3.05) is 5.32 Å². The Labute approximate surface area is 177 Å². The zero-order chi connectivity index (χ0) is 21.4. The molecule has 0 saturated heterocycles. The normalized spacial score (nSPS) is 11.0. The number of rotatable bonds is 4. The highest BCUT2D eigenvalue weighted by molar-refractivity contribution is 6.47. The van der Waals surface area contributed by atoms with Gasteiger partial charge in [-0.15, -0.1) is 0 Å². The van der Waals surface area contributed by atoms with Crippen molar-refractivity contribution in [1.29, 1.82) is 0 Å². The van der Waals surface area contributed by atoms with E-state index < -0.39 is 11.7 Å².